The molecule has 18 heavy (non-hydrogen) atoms. The van der Waals surface area contributed by atoms with E-state index in [1.54, 1.807) is 0 Å². The Morgan fingerprint density at radius 3 is 2.17 bits per heavy atom. The van der Waals surface area contributed by atoms with Gasteiger partial charge in [-0.2, -0.15) is 8.78 Å². The highest BCUT2D eigenvalue weighted by molar-refractivity contribution is 5.82. The third-order valence-corrected chi connectivity index (χ3v) is 3.78. The topological polar surface area (TPSA) is 26.3 Å². The second-order valence-corrected chi connectivity index (χ2v) is 4.87. The van der Waals surface area contributed by atoms with E-state index in [9.17, 15) is 26.7 Å². The highest BCUT2D eigenvalue weighted by atomic mass is 19.3. The standard InChI is InChI=1S/C11H13F5O2/c12-8(13)10(14)7(6-4-2-1-3-5-6)18-9(17)11(10,15)16/h6-8H,1-5H2/t7-,10-/m0/s1. The van der Waals surface area contributed by atoms with Crippen LogP contribution in [0.25, 0.3) is 0 Å². The molecule has 1 saturated heterocycles. The molecule has 1 aliphatic carbocycles. The van der Waals surface area contributed by atoms with Crippen LogP contribution in [0.4, 0.5) is 22.0 Å². The average Bonchev–Trinajstić information content (AvgIpc) is 2.52. The summed E-state index contributed by atoms with van der Waals surface area (Å²) in [6.45, 7) is 0. The Morgan fingerprint density at radius 1 is 1.11 bits per heavy atom. The van der Waals surface area contributed by atoms with E-state index in [-0.39, 0.29) is 0 Å². The molecular weight excluding hydrogens is 259 g/mol. The maximum absolute atomic E-state index is 14.1. The summed E-state index contributed by atoms with van der Waals surface area (Å²) < 4.78 is 70.4. The van der Waals surface area contributed by atoms with E-state index in [0.29, 0.717) is 25.7 Å². The molecule has 1 saturated carbocycles. The van der Waals surface area contributed by atoms with E-state index in [4.69, 9.17) is 0 Å². The van der Waals surface area contributed by atoms with E-state index in [1.807, 2.05) is 0 Å². The van der Waals surface area contributed by atoms with Crippen molar-refractivity contribution in [3.05, 3.63) is 0 Å². The van der Waals surface area contributed by atoms with Gasteiger partial charge in [-0.25, -0.2) is 18.0 Å². The van der Waals surface area contributed by atoms with Crippen molar-refractivity contribution in [2.45, 2.75) is 56.2 Å². The first-order valence-corrected chi connectivity index (χ1v) is 5.87. The van der Waals surface area contributed by atoms with Crippen molar-refractivity contribution in [1.82, 2.24) is 0 Å². The Bertz CT molecular complexity index is 340. The van der Waals surface area contributed by atoms with E-state index in [1.165, 1.54) is 0 Å². The number of ether oxygens (including phenoxy) is 1. The molecule has 0 unspecified atom stereocenters. The molecule has 0 bridgehead atoms. The van der Waals surface area contributed by atoms with E-state index >= 15 is 0 Å². The Hall–Kier alpha value is -0.880. The number of hydrogen-bond donors (Lipinski definition) is 0. The highest BCUT2D eigenvalue weighted by Gasteiger charge is 2.78. The van der Waals surface area contributed by atoms with Gasteiger partial charge in [-0.15, -0.1) is 0 Å². The third-order valence-electron chi connectivity index (χ3n) is 3.78. The molecule has 2 aliphatic rings. The lowest BCUT2D eigenvalue weighted by Gasteiger charge is -2.33. The van der Waals surface area contributed by atoms with Crippen LogP contribution < -0.4 is 0 Å². The summed E-state index contributed by atoms with van der Waals surface area (Å²) >= 11 is 0. The highest BCUT2D eigenvalue weighted by Crippen LogP contribution is 2.51. The molecule has 2 nitrogen and oxygen atoms in total. The van der Waals surface area contributed by atoms with Crippen LogP contribution in [-0.4, -0.2) is 30.1 Å². The number of rotatable bonds is 2. The minimum atomic E-state index is -4.77. The third kappa shape index (κ3) is 1.70. The molecule has 2 fully saturated rings. The van der Waals surface area contributed by atoms with Gasteiger partial charge in [-0.1, -0.05) is 19.3 Å². The van der Waals surface area contributed by atoms with Gasteiger partial charge in [0, 0.05) is 0 Å². The zero-order valence-electron chi connectivity index (χ0n) is 9.47. The van der Waals surface area contributed by atoms with Gasteiger partial charge in [0.25, 0.3) is 12.1 Å². The maximum Gasteiger partial charge on any atom is 0.385 e. The fraction of sp³-hybridized carbons (Fsp3) is 0.909. The molecule has 0 radical (unpaired) electrons. The van der Waals surface area contributed by atoms with Gasteiger partial charge in [-0.05, 0) is 18.8 Å². The predicted molar refractivity (Wildman–Crippen MR) is 51.2 cm³/mol. The van der Waals surface area contributed by atoms with Crippen LogP contribution in [0.2, 0.25) is 0 Å². The van der Waals surface area contributed by atoms with Crippen LogP contribution in [0.3, 0.4) is 0 Å². The fourth-order valence-corrected chi connectivity index (χ4v) is 2.75. The van der Waals surface area contributed by atoms with Crippen LogP contribution in [0.5, 0.6) is 0 Å². The zero-order valence-corrected chi connectivity index (χ0v) is 9.47. The molecule has 104 valence electrons. The maximum atomic E-state index is 14.1. The van der Waals surface area contributed by atoms with Gasteiger partial charge in [0.15, 0.2) is 6.10 Å². The van der Waals surface area contributed by atoms with Crippen LogP contribution >= 0.6 is 0 Å². The first kappa shape index (κ1) is 13.5. The van der Waals surface area contributed by atoms with E-state index < -0.39 is 36.0 Å². The monoisotopic (exact) mass is 272 g/mol. The lowest BCUT2D eigenvalue weighted by molar-refractivity contribution is -0.192. The fourth-order valence-electron chi connectivity index (χ4n) is 2.75. The van der Waals surface area contributed by atoms with Crippen LogP contribution in [0, 0.1) is 5.92 Å². The van der Waals surface area contributed by atoms with Gasteiger partial charge in [0.2, 0.25) is 0 Å². The van der Waals surface area contributed by atoms with Crippen LogP contribution in [0.15, 0.2) is 0 Å². The van der Waals surface area contributed by atoms with E-state index in [0.717, 1.165) is 6.42 Å². The summed E-state index contributed by atoms with van der Waals surface area (Å²) in [7, 11) is 0. The summed E-state index contributed by atoms with van der Waals surface area (Å²) in [5.41, 5.74) is -4.20. The molecule has 2 atom stereocenters. The summed E-state index contributed by atoms with van der Waals surface area (Å²) in [6.07, 6.45) is -3.21. The van der Waals surface area contributed by atoms with Gasteiger partial charge in [-0.3, -0.25) is 0 Å². The molecule has 1 aliphatic heterocycles. The smallest absolute Gasteiger partial charge is 0.385 e. The van der Waals surface area contributed by atoms with Crippen molar-refractivity contribution >= 4 is 5.97 Å². The number of alkyl halides is 5. The van der Waals surface area contributed by atoms with Crippen molar-refractivity contribution in [1.29, 1.82) is 0 Å². The van der Waals surface area contributed by atoms with Crippen LogP contribution in [-0.2, 0) is 9.53 Å². The first-order valence-electron chi connectivity index (χ1n) is 5.87. The van der Waals surface area contributed by atoms with Crippen molar-refractivity contribution in [3.8, 4) is 0 Å². The number of esters is 1. The van der Waals surface area contributed by atoms with Crippen molar-refractivity contribution in [2.24, 2.45) is 5.92 Å². The molecule has 0 aromatic carbocycles. The number of carbonyl (C=O) groups is 1. The largest absolute Gasteiger partial charge is 0.454 e. The Balaban J connectivity index is 2.31. The lowest BCUT2D eigenvalue weighted by atomic mass is 9.78. The number of hydrogen-bond acceptors (Lipinski definition) is 2. The quantitative estimate of drug-likeness (QED) is 0.570. The Morgan fingerprint density at radius 2 is 1.67 bits per heavy atom. The molecule has 0 spiro atoms. The molecule has 0 amide bonds. The summed E-state index contributed by atoms with van der Waals surface area (Å²) in [5.74, 6) is -7.71. The minimum Gasteiger partial charge on any atom is -0.454 e. The van der Waals surface area contributed by atoms with Crippen molar-refractivity contribution < 1.29 is 31.5 Å². The predicted octanol–water partition coefficient (Wildman–Crippen LogP) is 3.10. The number of cyclic esters (lactones) is 1. The molecule has 1 heterocycles. The second-order valence-electron chi connectivity index (χ2n) is 4.87. The minimum absolute atomic E-state index is 0.326. The first-order chi connectivity index (χ1) is 8.31. The Kier molecular flexibility index (Phi) is 3.27. The molecule has 0 aromatic heterocycles. The summed E-state index contributed by atoms with van der Waals surface area (Å²) in [4.78, 5) is 10.9. The lowest BCUT2D eigenvalue weighted by Crippen LogP contribution is -2.56. The summed E-state index contributed by atoms with van der Waals surface area (Å²) in [6, 6.07) is 0. The van der Waals surface area contributed by atoms with Gasteiger partial charge < -0.3 is 4.74 Å². The Labute approximate surface area is 100 Å². The molecule has 2 rings (SSSR count). The van der Waals surface area contributed by atoms with E-state index in [2.05, 4.69) is 4.74 Å². The SMILES string of the molecule is O=C1O[C@@H](C2CCCCC2)[C@](F)(C(F)F)C1(F)F. The van der Waals surface area contributed by atoms with Gasteiger partial charge in [0.1, 0.15) is 0 Å². The summed E-state index contributed by atoms with van der Waals surface area (Å²) in [5, 5.41) is 0. The molecule has 0 N–H and O–H groups in total. The average molecular weight is 272 g/mol. The number of halogens is 5. The second kappa shape index (κ2) is 4.35. The molecular formula is C11H13F5O2. The van der Waals surface area contributed by atoms with Gasteiger partial charge >= 0.3 is 11.9 Å². The van der Waals surface area contributed by atoms with Crippen LogP contribution in [0.1, 0.15) is 32.1 Å². The van der Waals surface area contributed by atoms with Crippen molar-refractivity contribution in [2.75, 3.05) is 0 Å². The number of carbonyl (C=O) groups excluding carboxylic acids is 1. The molecule has 0 aromatic rings. The van der Waals surface area contributed by atoms with Crippen molar-refractivity contribution in [3.63, 3.8) is 0 Å². The zero-order chi connectivity index (χ0) is 13.6. The van der Waals surface area contributed by atoms with Gasteiger partial charge in [0.05, 0.1) is 0 Å². The molecule has 7 heteroatoms. The normalized spacial score (nSPS) is 37.0.